The Morgan fingerprint density at radius 1 is 0.667 bits per heavy atom. The fourth-order valence-electron chi connectivity index (χ4n) is 5.45. The Balaban J connectivity index is 0.884. The number of alkyl halides is 3. The smallest absolute Gasteiger partial charge is 0.351 e. The van der Waals surface area contributed by atoms with Crippen LogP contribution in [0.4, 0.5) is 13.2 Å². The third-order valence-electron chi connectivity index (χ3n) is 8.23. The summed E-state index contributed by atoms with van der Waals surface area (Å²) < 4.78 is 44.2. The molecule has 0 aliphatic heterocycles. The van der Waals surface area contributed by atoms with E-state index in [1.54, 1.807) is 36.5 Å². The number of hydrogen-bond donors (Lipinski definition) is 6. The molecule has 0 radical (unpaired) electrons. The third-order valence-corrected chi connectivity index (χ3v) is 10.3. The molecule has 0 spiro atoms. The number of aromatic nitrogens is 8. The Kier molecular flexibility index (Phi) is 11.5. The van der Waals surface area contributed by atoms with Crippen molar-refractivity contribution in [1.82, 2.24) is 61.2 Å². The molecule has 292 valence electrons. The highest BCUT2D eigenvalue weighted by Gasteiger charge is 2.37. The van der Waals surface area contributed by atoms with Gasteiger partial charge in [0.25, 0.3) is 23.6 Å². The maximum atomic E-state index is 14.2. The summed E-state index contributed by atoms with van der Waals surface area (Å²) in [7, 11) is 0. The quantitative estimate of drug-likeness (QED) is 0.0782. The SMILES string of the molecule is O=C(NCCCNC(=O)c1ccc(-c2ccc(-c3cc(C(=O)NCCCNC(=O)c4nc5ccccn5n4)n[nH]3)s2)c(C(F)(F)F)n1)c1cc(-c2cccs2)[nH]n1. The van der Waals surface area contributed by atoms with Crippen LogP contribution in [0.2, 0.25) is 0 Å². The van der Waals surface area contributed by atoms with Gasteiger partial charge in [0.05, 0.1) is 21.1 Å². The summed E-state index contributed by atoms with van der Waals surface area (Å²) >= 11 is 2.52. The lowest BCUT2D eigenvalue weighted by Gasteiger charge is -2.13. The maximum Gasteiger partial charge on any atom is 0.434 e. The van der Waals surface area contributed by atoms with E-state index in [1.807, 2.05) is 17.5 Å². The standard InChI is InChI=1S/C36H31F3N12O4S2/c37-36(38,39)30-20(8-9-21(44-30)32(52)40-12-4-13-41-33(53)24-18-22(46-48-24)27-6-3-17-56-27)26-10-11-28(57-26)23-19-25(49-47-23)34(54)42-14-5-15-43-35(55)31-45-29-7-1-2-16-51(29)50-31/h1-3,6-11,16-19H,4-5,12-15H2,(H,40,52)(H,41,53)(H,42,54)(H,43,55)(H,46,48)(H,47,49). The van der Waals surface area contributed by atoms with E-state index in [2.05, 4.69) is 56.7 Å². The van der Waals surface area contributed by atoms with Gasteiger partial charge in [-0.15, -0.1) is 27.8 Å². The lowest BCUT2D eigenvalue weighted by Crippen LogP contribution is -2.30. The van der Waals surface area contributed by atoms with Gasteiger partial charge in [-0.25, -0.2) is 14.5 Å². The van der Waals surface area contributed by atoms with Crippen LogP contribution in [0.1, 0.15) is 60.6 Å². The number of H-pyrrole nitrogens is 2. The maximum absolute atomic E-state index is 14.2. The highest BCUT2D eigenvalue weighted by Crippen LogP contribution is 2.40. The number of thiophene rings is 2. The van der Waals surface area contributed by atoms with Gasteiger partial charge in [0.15, 0.2) is 22.7 Å². The third kappa shape index (κ3) is 9.22. The zero-order chi connectivity index (χ0) is 39.9. The monoisotopic (exact) mass is 816 g/mol. The second-order valence-corrected chi connectivity index (χ2v) is 14.3. The average molecular weight is 817 g/mol. The van der Waals surface area contributed by atoms with Crippen molar-refractivity contribution in [2.75, 3.05) is 26.2 Å². The Labute approximate surface area is 328 Å². The van der Waals surface area contributed by atoms with Crippen LogP contribution in [0, 0.1) is 0 Å². The molecule has 7 rings (SSSR count). The van der Waals surface area contributed by atoms with Crippen LogP contribution in [0.15, 0.2) is 78.3 Å². The minimum Gasteiger partial charge on any atom is -0.351 e. The molecule has 0 saturated heterocycles. The van der Waals surface area contributed by atoms with Crippen LogP contribution in [-0.2, 0) is 6.18 Å². The van der Waals surface area contributed by atoms with Crippen molar-refractivity contribution in [3.05, 3.63) is 107 Å². The van der Waals surface area contributed by atoms with Crippen molar-refractivity contribution in [3.8, 4) is 31.6 Å². The zero-order valence-corrected chi connectivity index (χ0v) is 31.1. The lowest BCUT2D eigenvalue weighted by atomic mass is 10.1. The summed E-state index contributed by atoms with van der Waals surface area (Å²) in [5.41, 5.74) is 0.0515. The highest BCUT2D eigenvalue weighted by molar-refractivity contribution is 7.18. The molecule has 0 atom stereocenters. The van der Waals surface area contributed by atoms with Crippen LogP contribution in [0.5, 0.6) is 0 Å². The molecule has 57 heavy (non-hydrogen) atoms. The summed E-state index contributed by atoms with van der Waals surface area (Å²) in [6.07, 6.45) is -2.47. The molecule has 0 aliphatic rings. The van der Waals surface area contributed by atoms with Gasteiger partial charge in [-0.3, -0.25) is 29.4 Å². The van der Waals surface area contributed by atoms with Crippen LogP contribution >= 0.6 is 22.7 Å². The first-order chi connectivity index (χ1) is 27.5. The van der Waals surface area contributed by atoms with Gasteiger partial charge in [-0.1, -0.05) is 12.1 Å². The normalized spacial score (nSPS) is 11.4. The van der Waals surface area contributed by atoms with Gasteiger partial charge in [-0.05, 0) is 72.8 Å². The van der Waals surface area contributed by atoms with E-state index in [0.29, 0.717) is 34.8 Å². The number of amides is 4. The van der Waals surface area contributed by atoms with Gasteiger partial charge in [0, 0.05) is 42.8 Å². The van der Waals surface area contributed by atoms with E-state index in [0.717, 1.165) is 16.2 Å². The Hall–Kier alpha value is -6.74. The second kappa shape index (κ2) is 17.0. The van der Waals surface area contributed by atoms with Gasteiger partial charge in [-0.2, -0.15) is 23.4 Å². The number of aromatic amines is 2. The summed E-state index contributed by atoms with van der Waals surface area (Å²) in [4.78, 5) is 59.8. The number of halogens is 3. The lowest BCUT2D eigenvalue weighted by molar-refractivity contribution is -0.140. The highest BCUT2D eigenvalue weighted by atomic mass is 32.1. The van der Waals surface area contributed by atoms with Crippen molar-refractivity contribution in [1.29, 1.82) is 0 Å². The van der Waals surface area contributed by atoms with Crippen molar-refractivity contribution < 1.29 is 32.3 Å². The number of hydrogen-bond acceptors (Lipinski definition) is 11. The Morgan fingerprint density at radius 2 is 1.28 bits per heavy atom. The van der Waals surface area contributed by atoms with Crippen molar-refractivity contribution >= 4 is 51.9 Å². The summed E-state index contributed by atoms with van der Waals surface area (Å²) in [6.45, 7) is 0.747. The van der Waals surface area contributed by atoms with Crippen LogP contribution < -0.4 is 21.3 Å². The molecule has 0 fully saturated rings. The number of carbonyl (C=O) groups is 4. The molecule has 0 saturated carbocycles. The van der Waals surface area contributed by atoms with Gasteiger partial charge in [0.1, 0.15) is 5.69 Å². The molecule has 6 N–H and O–H groups in total. The molecular weight excluding hydrogens is 786 g/mol. The van der Waals surface area contributed by atoms with E-state index in [9.17, 15) is 32.3 Å². The van der Waals surface area contributed by atoms with Crippen LogP contribution in [0.25, 0.3) is 37.2 Å². The molecule has 7 heterocycles. The molecule has 0 aliphatic carbocycles. The fourth-order valence-corrected chi connectivity index (χ4v) is 7.14. The predicted octanol–water partition coefficient (Wildman–Crippen LogP) is 4.81. The molecule has 16 nitrogen and oxygen atoms in total. The molecule has 4 amide bonds. The molecule has 0 bridgehead atoms. The molecule has 0 unspecified atom stereocenters. The molecule has 7 aromatic rings. The van der Waals surface area contributed by atoms with E-state index in [4.69, 9.17) is 0 Å². The topological polar surface area (TPSA) is 217 Å². The number of rotatable bonds is 15. The van der Waals surface area contributed by atoms with Crippen LogP contribution in [0.3, 0.4) is 0 Å². The Bertz CT molecular complexity index is 2510. The van der Waals surface area contributed by atoms with E-state index in [1.165, 1.54) is 40.1 Å². The number of fused-ring (bicyclic) bond motifs is 1. The first-order valence-corrected chi connectivity index (χ1v) is 19.0. The van der Waals surface area contributed by atoms with Crippen molar-refractivity contribution in [2.24, 2.45) is 0 Å². The summed E-state index contributed by atoms with van der Waals surface area (Å²) in [5, 5.41) is 30.3. The predicted molar refractivity (Wildman–Crippen MR) is 204 cm³/mol. The molecular formula is C36H31F3N12O4S2. The first-order valence-electron chi connectivity index (χ1n) is 17.3. The first kappa shape index (κ1) is 38.5. The van der Waals surface area contributed by atoms with E-state index >= 15 is 0 Å². The number of nitrogens with zero attached hydrogens (tertiary/aromatic N) is 6. The number of pyridine rings is 2. The number of carbonyl (C=O) groups excluding carboxylic acids is 4. The average Bonchev–Trinajstić information content (AvgIpc) is 4.05. The summed E-state index contributed by atoms with van der Waals surface area (Å²) in [6, 6.07) is 17.6. The van der Waals surface area contributed by atoms with Crippen LogP contribution in [-0.4, -0.2) is 89.8 Å². The summed E-state index contributed by atoms with van der Waals surface area (Å²) in [5.74, 6) is -2.11. The van der Waals surface area contributed by atoms with Crippen molar-refractivity contribution in [2.45, 2.75) is 19.0 Å². The second-order valence-electron chi connectivity index (χ2n) is 12.2. The van der Waals surface area contributed by atoms with Gasteiger partial charge >= 0.3 is 6.18 Å². The number of nitrogens with one attached hydrogen (secondary N) is 6. The largest absolute Gasteiger partial charge is 0.434 e. The molecule has 7 aromatic heterocycles. The van der Waals surface area contributed by atoms with Gasteiger partial charge in [0.2, 0.25) is 5.82 Å². The van der Waals surface area contributed by atoms with Gasteiger partial charge < -0.3 is 21.3 Å². The minimum absolute atomic E-state index is 0.0275. The zero-order valence-electron chi connectivity index (χ0n) is 29.5. The molecule has 21 heteroatoms. The minimum atomic E-state index is -4.87. The van der Waals surface area contributed by atoms with Crippen molar-refractivity contribution in [3.63, 3.8) is 0 Å². The van der Waals surface area contributed by atoms with E-state index < -0.39 is 41.2 Å². The Morgan fingerprint density at radius 3 is 1.89 bits per heavy atom. The van der Waals surface area contributed by atoms with E-state index in [-0.39, 0.29) is 53.8 Å². The molecule has 0 aromatic carbocycles. The fraction of sp³-hybridized carbons (Fsp3) is 0.194.